The van der Waals surface area contributed by atoms with E-state index in [1.54, 1.807) is 0 Å². The first-order valence-electron chi connectivity index (χ1n) is 6.18. The van der Waals surface area contributed by atoms with Crippen LogP contribution >= 0.6 is 0 Å². The van der Waals surface area contributed by atoms with Gasteiger partial charge < -0.3 is 16.0 Å². The lowest BCUT2D eigenvalue weighted by molar-refractivity contribution is -0.137. The van der Waals surface area contributed by atoms with Crippen LogP contribution in [0.1, 0.15) is 22.8 Å². The fourth-order valence-corrected chi connectivity index (χ4v) is 1.76. The SMILES string of the molecule is CNc1c(C(=O)NCCNC(C)=O)cccc1C(F)(F)F. The quantitative estimate of drug-likeness (QED) is 0.724. The molecule has 5 nitrogen and oxygen atoms in total. The van der Waals surface area contributed by atoms with Crippen molar-refractivity contribution in [2.45, 2.75) is 13.1 Å². The Morgan fingerprint density at radius 2 is 1.76 bits per heavy atom. The van der Waals surface area contributed by atoms with E-state index in [2.05, 4.69) is 16.0 Å². The molecule has 0 aliphatic carbocycles. The molecule has 0 aliphatic heterocycles. The van der Waals surface area contributed by atoms with Gasteiger partial charge >= 0.3 is 6.18 Å². The van der Waals surface area contributed by atoms with Gasteiger partial charge in [-0.05, 0) is 12.1 Å². The second-order valence-corrected chi connectivity index (χ2v) is 4.21. The molecule has 0 bridgehead atoms. The zero-order valence-corrected chi connectivity index (χ0v) is 11.6. The number of hydrogen-bond acceptors (Lipinski definition) is 3. The summed E-state index contributed by atoms with van der Waals surface area (Å²) < 4.78 is 38.6. The molecule has 3 N–H and O–H groups in total. The lowest BCUT2D eigenvalue weighted by atomic mass is 10.1. The third-order valence-electron chi connectivity index (χ3n) is 2.65. The number of nitrogens with one attached hydrogen (secondary N) is 3. The van der Waals surface area contributed by atoms with Crippen LogP contribution in [0.2, 0.25) is 0 Å². The van der Waals surface area contributed by atoms with Gasteiger partial charge in [0.15, 0.2) is 0 Å². The molecule has 0 aliphatic rings. The highest BCUT2D eigenvalue weighted by molar-refractivity contribution is 6.00. The van der Waals surface area contributed by atoms with E-state index in [1.807, 2.05) is 0 Å². The van der Waals surface area contributed by atoms with Crippen LogP contribution in [0.15, 0.2) is 18.2 Å². The van der Waals surface area contributed by atoms with Gasteiger partial charge in [-0.1, -0.05) is 6.07 Å². The van der Waals surface area contributed by atoms with Gasteiger partial charge in [-0.15, -0.1) is 0 Å². The maximum atomic E-state index is 12.9. The van der Waals surface area contributed by atoms with Crippen LogP contribution < -0.4 is 16.0 Å². The van der Waals surface area contributed by atoms with E-state index < -0.39 is 17.6 Å². The molecule has 0 spiro atoms. The standard InChI is InChI=1S/C13H16F3N3O2/c1-8(20)18-6-7-19-12(21)9-4-3-5-10(11(9)17-2)13(14,15)16/h3-5,17H,6-7H2,1-2H3,(H,18,20)(H,19,21). The van der Waals surface area contributed by atoms with Gasteiger partial charge in [-0.2, -0.15) is 13.2 Å². The van der Waals surface area contributed by atoms with Gasteiger partial charge in [-0.25, -0.2) is 0 Å². The van der Waals surface area contributed by atoms with Crippen LogP contribution in [-0.2, 0) is 11.0 Å². The summed E-state index contributed by atoms with van der Waals surface area (Å²) in [6, 6.07) is 3.38. The lowest BCUT2D eigenvalue weighted by Gasteiger charge is -2.16. The summed E-state index contributed by atoms with van der Waals surface area (Å²) in [5.74, 6) is -0.893. The van der Waals surface area contributed by atoms with Crippen molar-refractivity contribution < 1.29 is 22.8 Å². The highest BCUT2D eigenvalue weighted by atomic mass is 19.4. The maximum absolute atomic E-state index is 12.9. The topological polar surface area (TPSA) is 70.2 Å². The minimum Gasteiger partial charge on any atom is -0.387 e. The average molecular weight is 303 g/mol. The molecule has 0 saturated carbocycles. The first kappa shape index (κ1) is 16.8. The molecular formula is C13H16F3N3O2. The number of carbonyl (C=O) groups is 2. The minimum atomic E-state index is -4.55. The van der Waals surface area contributed by atoms with Crippen molar-refractivity contribution in [3.63, 3.8) is 0 Å². The molecule has 0 unspecified atom stereocenters. The molecule has 1 aromatic carbocycles. The number of benzene rings is 1. The van der Waals surface area contributed by atoms with Gasteiger partial charge in [-0.3, -0.25) is 9.59 Å². The molecule has 1 rings (SSSR count). The highest BCUT2D eigenvalue weighted by Crippen LogP contribution is 2.36. The molecule has 21 heavy (non-hydrogen) atoms. The fraction of sp³-hybridized carbons (Fsp3) is 0.385. The van der Waals surface area contributed by atoms with E-state index in [9.17, 15) is 22.8 Å². The first-order valence-corrected chi connectivity index (χ1v) is 6.18. The fourth-order valence-electron chi connectivity index (χ4n) is 1.76. The molecular weight excluding hydrogens is 287 g/mol. The summed E-state index contributed by atoms with van der Waals surface area (Å²) in [5.41, 5.74) is -1.28. The monoisotopic (exact) mass is 303 g/mol. The summed E-state index contributed by atoms with van der Waals surface area (Å²) in [7, 11) is 1.32. The molecule has 1 aromatic rings. The summed E-state index contributed by atoms with van der Waals surface area (Å²) in [6.45, 7) is 1.65. The molecule has 2 amide bonds. The second kappa shape index (κ2) is 6.96. The van der Waals surface area contributed by atoms with Crippen LogP contribution in [0.4, 0.5) is 18.9 Å². The largest absolute Gasteiger partial charge is 0.418 e. The van der Waals surface area contributed by atoms with Crippen molar-refractivity contribution in [2.75, 3.05) is 25.5 Å². The Bertz CT molecular complexity index is 530. The molecule has 0 aromatic heterocycles. The number of para-hydroxylation sites is 1. The van der Waals surface area contributed by atoms with E-state index in [0.717, 1.165) is 6.07 Å². The summed E-state index contributed by atoms with van der Waals surface area (Å²) in [5, 5.41) is 7.32. The van der Waals surface area contributed by atoms with Crippen molar-refractivity contribution in [2.24, 2.45) is 0 Å². The lowest BCUT2D eigenvalue weighted by Crippen LogP contribution is -2.34. The highest BCUT2D eigenvalue weighted by Gasteiger charge is 2.34. The van der Waals surface area contributed by atoms with Crippen molar-refractivity contribution in [3.05, 3.63) is 29.3 Å². The third-order valence-corrected chi connectivity index (χ3v) is 2.65. The molecule has 0 fully saturated rings. The molecule has 8 heteroatoms. The van der Waals surface area contributed by atoms with E-state index in [0.29, 0.717) is 0 Å². The Labute approximate surface area is 119 Å². The predicted molar refractivity (Wildman–Crippen MR) is 72.0 cm³/mol. The molecule has 116 valence electrons. The van der Waals surface area contributed by atoms with Gasteiger partial charge in [0.1, 0.15) is 0 Å². The van der Waals surface area contributed by atoms with Crippen LogP contribution in [0.3, 0.4) is 0 Å². The molecule has 0 saturated heterocycles. The predicted octanol–water partition coefficient (Wildman–Crippen LogP) is 1.61. The minimum absolute atomic E-state index is 0.102. The van der Waals surface area contributed by atoms with E-state index in [1.165, 1.54) is 26.1 Å². The van der Waals surface area contributed by atoms with Crippen LogP contribution in [0.5, 0.6) is 0 Å². The maximum Gasteiger partial charge on any atom is 0.418 e. The Hall–Kier alpha value is -2.25. The Balaban J connectivity index is 2.87. The number of alkyl halides is 3. The van der Waals surface area contributed by atoms with Crippen molar-refractivity contribution in [3.8, 4) is 0 Å². The number of rotatable bonds is 5. The smallest absolute Gasteiger partial charge is 0.387 e. The molecule has 0 radical (unpaired) electrons. The van der Waals surface area contributed by atoms with Gasteiger partial charge in [0.05, 0.1) is 16.8 Å². The average Bonchev–Trinajstić information content (AvgIpc) is 2.41. The van der Waals surface area contributed by atoms with Gasteiger partial charge in [0.2, 0.25) is 5.91 Å². The molecule has 0 atom stereocenters. The number of anilines is 1. The van der Waals surface area contributed by atoms with Crippen molar-refractivity contribution >= 4 is 17.5 Å². The third kappa shape index (κ3) is 4.66. The first-order chi connectivity index (χ1) is 9.77. The normalized spacial score (nSPS) is 10.9. The Kier molecular flexibility index (Phi) is 5.57. The Morgan fingerprint density at radius 3 is 2.29 bits per heavy atom. The number of carbonyl (C=O) groups excluding carboxylic acids is 2. The zero-order chi connectivity index (χ0) is 16.0. The van der Waals surface area contributed by atoms with Crippen LogP contribution in [0, 0.1) is 0 Å². The van der Waals surface area contributed by atoms with Gasteiger partial charge in [0, 0.05) is 27.1 Å². The second-order valence-electron chi connectivity index (χ2n) is 4.21. The van der Waals surface area contributed by atoms with Gasteiger partial charge in [0.25, 0.3) is 5.91 Å². The van der Waals surface area contributed by atoms with E-state index in [4.69, 9.17) is 0 Å². The number of amides is 2. The summed E-state index contributed by atoms with van der Waals surface area (Å²) >= 11 is 0. The van der Waals surface area contributed by atoms with Crippen molar-refractivity contribution in [1.29, 1.82) is 0 Å². The molecule has 0 heterocycles. The van der Waals surface area contributed by atoms with E-state index >= 15 is 0 Å². The van der Waals surface area contributed by atoms with E-state index in [-0.39, 0.29) is 30.2 Å². The zero-order valence-electron chi connectivity index (χ0n) is 11.6. The summed E-state index contributed by atoms with van der Waals surface area (Å²) in [4.78, 5) is 22.6. The van der Waals surface area contributed by atoms with Crippen molar-refractivity contribution in [1.82, 2.24) is 10.6 Å². The number of halogens is 3. The van der Waals surface area contributed by atoms with Crippen LogP contribution in [-0.4, -0.2) is 32.0 Å². The summed E-state index contributed by atoms with van der Waals surface area (Å²) in [6.07, 6.45) is -4.55. The Morgan fingerprint density at radius 1 is 1.14 bits per heavy atom. The number of hydrogen-bond donors (Lipinski definition) is 3. The van der Waals surface area contributed by atoms with Crippen LogP contribution in [0.25, 0.3) is 0 Å².